The van der Waals surface area contributed by atoms with Gasteiger partial charge < -0.3 is 14.8 Å². The van der Waals surface area contributed by atoms with Crippen LogP contribution in [0.3, 0.4) is 0 Å². The lowest BCUT2D eigenvalue weighted by molar-refractivity contribution is -0.113. The molecule has 0 bridgehead atoms. The zero-order chi connectivity index (χ0) is 15.9. The van der Waals surface area contributed by atoms with Crippen molar-refractivity contribution in [3.63, 3.8) is 0 Å². The average Bonchev–Trinajstić information content (AvgIpc) is 2.92. The van der Waals surface area contributed by atoms with Crippen LogP contribution >= 0.6 is 34.7 Å². The Morgan fingerprint density at radius 1 is 1.27 bits per heavy atom. The highest BCUT2D eigenvalue weighted by atomic mass is 35.5. The minimum Gasteiger partial charge on any atom is -0.497 e. The SMILES string of the molecule is COc1ccc(OC)c(NC(=O)CSCc2ccc(Cl)s2)c1. The largest absolute Gasteiger partial charge is 0.497 e. The van der Waals surface area contributed by atoms with Crippen molar-refractivity contribution in [3.8, 4) is 11.5 Å². The molecule has 0 aliphatic heterocycles. The van der Waals surface area contributed by atoms with Gasteiger partial charge >= 0.3 is 0 Å². The lowest BCUT2D eigenvalue weighted by Gasteiger charge is -2.11. The van der Waals surface area contributed by atoms with Crippen molar-refractivity contribution in [2.24, 2.45) is 0 Å². The van der Waals surface area contributed by atoms with Gasteiger partial charge in [0.05, 0.1) is 30.0 Å². The van der Waals surface area contributed by atoms with Gasteiger partial charge in [0.2, 0.25) is 5.91 Å². The fourth-order valence-corrected chi connectivity index (χ4v) is 3.80. The average molecular weight is 358 g/mol. The first-order chi connectivity index (χ1) is 10.6. The van der Waals surface area contributed by atoms with Crippen molar-refractivity contribution in [2.45, 2.75) is 5.75 Å². The van der Waals surface area contributed by atoms with Crippen LogP contribution in [0.2, 0.25) is 4.34 Å². The second kappa shape index (κ2) is 8.31. The molecule has 1 heterocycles. The molecule has 7 heteroatoms. The molecule has 0 fully saturated rings. The number of anilines is 1. The Hall–Kier alpha value is -1.37. The van der Waals surface area contributed by atoms with Crippen molar-refractivity contribution in [3.05, 3.63) is 39.5 Å². The predicted molar refractivity (Wildman–Crippen MR) is 93.7 cm³/mol. The van der Waals surface area contributed by atoms with E-state index in [1.165, 1.54) is 23.1 Å². The Labute approximate surface area is 142 Å². The summed E-state index contributed by atoms with van der Waals surface area (Å²) in [5, 5.41) is 2.84. The zero-order valence-electron chi connectivity index (χ0n) is 12.2. The lowest BCUT2D eigenvalue weighted by atomic mass is 10.2. The van der Waals surface area contributed by atoms with Crippen LogP contribution in [0, 0.1) is 0 Å². The minimum atomic E-state index is -0.0841. The first kappa shape index (κ1) is 17.0. The van der Waals surface area contributed by atoms with Gasteiger partial charge in [0.15, 0.2) is 0 Å². The summed E-state index contributed by atoms with van der Waals surface area (Å²) in [4.78, 5) is 13.2. The third kappa shape index (κ3) is 4.83. The van der Waals surface area contributed by atoms with Gasteiger partial charge in [0, 0.05) is 16.7 Å². The molecule has 2 rings (SSSR count). The van der Waals surface area contributed by atoms with E-state index in [0.29, 0.717) is 22.9 Å². The monoisotopic (exact) mass is 357 g/mol. The van der Waals surface area contributed by atoms with Crippen LogP contribution < -0.4 is 14.8 Å². The number of halogens is 1. The topological polar surface area (TPSA) is 47.6 Å². The molecule has 4 nitrogen and oxygen atoms in total. The fraction of sp³-hybridized carbons (Fsp3) is 0.267. The number of ether oxygens (including phenoxy) is 2. The van der Waals surface area contributed by atoms with E-state index >= 15 is 0 Å². The van der Waals surface area contributed by atoms with Gasteiger partial charge in [-0.05, 0) is 24.3 Å². The van der Waals surface area contributed by atoms with Crippen LogP contribution in [-0.4, -0.2) is 25.9 Å². The second-order valence-electron chi connectivity index (χ2n) is 4.31. The molecule has 0 aliphatic rings. The molecule has 1 N–H and O–H groups in total. The maximum atomic E-state index is 12.0. The quantitative estimate of drug-likeness (QED) is 0.803. The number of rotatable bonds is 7. The number of nitrogens with one attached hydrogen (secondary N) is 1. The van der Waals surface area contributed by atoms with Crippen molar-refractivity contribution in [2.75, 3.05) is 25.3 Å². The van der Waals surface area contributed by atoms with Gasteiger partial charge in [-0.1, -0.05) is 11.6 Å². The summed E-state index contributed by atoms with van der Waals surface area (Å²) >= 11 is 8.94. The van der Waals surface area contributed by atoms with Crippen LogP contribution in [0.5, 0.6) is 11.5 Å². The van der Waals surface area contributed by atoms with Crippen LogP contribution in [0.4, 0.5) is 5.69 Å². The number of carbonyl (C=O) groups excluding carboxylic acids is 1. The normalized spacial score (nSPS) is 10.3. The van der Waals surface area contributed by atoms with E-state index in [2.05, 4.69) is 5.32 Å². The number of hydrogen-bond donors (Lipinski definition) is 1. The Kier molecular flexibility index (Phi) is 6.42. The molecule has 0 spiro atoms. The van der Waals surface area contributed by atoms with Crippen molar-refractivity contribution in [1.82, 2.24) is 0 Å². The second-order valence-corrected chi connectivity index (χ2v) is 7.10. The Balaban J connectivity index is 1.88. The van der Waals surface area contributed by atoms with Gasteiger partial charge in [-0.3, -0.25) is 4.79 Å². The molecule has 1 aromatic carbocycles. The van der Waals surface area contributed by atoms with E-state index < -0.39 is 0 Å². The molecule has 0 unspecified atom stereocenters. The molecule has 0 saturated heterocycles. The maximum absolute atomic E-state index is 12.0. The summed E-state index contributed by atoms with van der Waals surface area (Å²) in [7, 11) is 3.14. The first-order valence-corrected chi connectivity index (χ1v) is 8.81. The highest BCUT2D eigenvalue weighted by molar-refractivity contribution is 7.99. The molecular weight excluding hydrogens is 342 g/mol. The fourth-order valence-electron chi connectivity index (χ4n) is 1.77. The number of methoxy groups -OCH3 is 2. The molecule has 0 atom stereocenters. The summed E-state index contributed by atoms with van der Waals surface area (Å²) < 4.78 is 11.2. The molecule has 1 aromatic heterocycles. The predicted octanol–water partition coefficient (Wildman–Crippen LogP) is 4.29. The molecule has 1 amide bonds. The van der Waals surface area contributed by atoms with Crippen molar-refractivity contribution >= 4 is 46.3 Å². The standard InChI is InChI=1S/C15H16ClNO3S2/c1-19-10-3-5-13(20-2)12(7-10)17-15(18)9-21-8-11-4-6-14(16)22-11/h3-7H,8-9H2,1-2H3,(H,17,18). The van der Waals surface area contributed by atoms with E-state index in [1.54, 1.807) is 32.4 Å². The van der Waals surface area contributed by atoms with E-state index in [4.69, 9.17) is 21.1 Å². The molecule has 22 heavy (non-hydrogen) atoms. The Morgan fingerprint density at radius 2 is 2.09 bits per heavy atom. The Bertz CT molecular complexity index is 645. The van der Waals surface area contributed by atoms with Gasteiger partial charge in [0.25, 0.3) is 0 Å². The number of carbonyl (C=O) groups is 1. The Morgan fingerprint density at radius 3 is 2.73 bits per heavy atom. The third-order valence-electron chi connectivity index (χ3n) is 2.79. The van der Waals surface area contributed by atoms with E-state index in [0.717, 1.165) is 15.0 Å². The molecule has 2 aromatic rings. The molecule has 118 valence electrons. The number of thiophene rings is 1. The maximum Gasteiger partial charge on any atom is 0.234 e. The van der Waals surface area contributed by atoms with Crippen LogP contribution in [0.25, 0.3) is 0 Å². The summed E-state index contributed by atoms with van der Waals surface area (Å²) in [6.45, 7) is 0. The summed E-state index contributed by atoms with van der Waals surface area (Å²) in [5.41, 5.74) is 0.603. The van der Waals surface area contributed by atoms with E-state index in [-0.39, 0.29) is 5.91 Å². The summed E-state index contributed by atoms with van der Waals surface area (Å²) in [5.74, 6) is 2.30. The molecule has 0 radical (unpaired) electrons. The summed E-state index contributed by atoms with van der Waals surface area (Å²) in [6.07, 6.45) is 0. The first-order valence-electron chi connectivity index (χ1n) is 6.46. The smallest absolute Gasteiger partial charge is 0.234 e. The van der Waals surface area contributed by atoms with E-state index in [1.807, 2.05) is 12.1 Å². The third-order valence-corrected chi connectivity index (χ3v) is 5.18. The van der Waals surface area contributed by atoms with Gasteiger partial charge in [0.1, 0.15) is 11.5 Å². The van der Waals surface area contributed by atoms with Crippen molar-refractivity contribution in [1.29, 1.82) is 0 Å². The highest BCUT2D eigenvalue weighted by Gasteiger charge is 2.09. The van der Waals surface area contributed by atoms with Crippen LogP contribution in [-0.2, 0) is 10.5 Å². The van der Waals surface area contributed by atoms with Gasteiger partial charge in [-0.25, -0.2) is 0 Å². The zero-order valence-corrected chi connectivity index (χ0v) is 14.6. The minimum absolute atomic E-state index is 0.0841. The van der Waals surface area contributed by atoms with Gasteiger partial charge in [-0.15, -0.1) is 23.1 Å². The number of benzene rings is 1. The van der Waals surface area contributed by atoms with Gasteiger partial charge in [-0.2, -0.15) is 0 Å². The van der Waals surface area contributed by atoms with Crippen LogP contribution in [0.15, 0.2) is 30.3 Å². The van der Waals surface area contributed by atoms with E-state index in [9.17, 15) is 4.79 Å². The molecule has 0 aliphatic carbocycles. The highest BCUT2D eigenvalue weighted by Crippen LogP contribution is 2.29. The lowest BCUT2D eigenvalue weighted by Crippen LogP contribution is -2.14. The molecule has 0 saturated carbocycles. The number of hydrogen-bond acceptors (Lipinski definition) is 5. The number of thioether (sulfide) groups is 1. The number of amides is 1. The van der Waals surface area contributed by atoms with Crippen molar-refractivity contribution < 1.29 is 14.3 Å². The van der Waals surface area contributed by atoms with Crippen LogP contribution in [0.1, 0.15) is 4.88 Å². The molecular formula is C15H16ClNO3S2. The summed E-state index contributed by atoms with van der Waals surface area (Å²) in [6, 6.07) is 9.12.